The van der Waals surface area contributed by atoms with Gasteiger partial charge in [-0.15, -0.1) is 0 Å². The summed E-state index contributed by atoms with van der Waals surface area (Å²) in [5.74, 6) is -0.623. The zero-order valence-corrected chi connectivity index (χ0v) is 15.6. The number of carbonyl (C=O) groups excluding carboxylic acids is 2. The van der Waals surface area contributed by atoms with Crippen LogP contribution in [0.5, 0.6) is 11.5 Å². The largest absolute Gasteiger partial charge is 0.504 e. The summed E-state index contributed by atoms with van der Waals surface area (Å²) in [6.45, 7) is 0. The predicted octanol–water partition coefficient (Wildman–Crippen LogP) is 3.78. The Hall–Kier alpha value is -4.06. The van der Waals surface area contributed by atoms with E-state index < -0.39 is 11.8 Å². The third-order valence-corrected chi connectivity index (χ3v) is 4.56. The van der Waals surface area contributed by atoms with Crippen molar-refractivity contribution in [2.45, 2.75) is 0 Å². The first-order chi connectivity index (χ1) is 14.1. The lowest BCUT2D eigenvalue weighted by Crippen LogP contribution is -2.41. The summed E-state index contributed by atoms with van der Waals surface area (Å²) in [6, 6.07) is 22.7. The summed E-state index contributed by atoms with van der Waals surface area (Å²) in [6.07, 6.45) is 1.51. The van der Waals surface area contributed by atoms with E-state index >= 15 is 0 Å². The molecule has 0 aliphatic carbocycles. The molecule has 0 saturated carbocycles. The Morgan fingerprint density at radius 1 is 0.793 bits per heavy atom. The van der Waals surface area contributed by atoms with Crippen LogP contribution in [-0.4, -0.2) is 24.0 Å². The molecule has 29 heavy (non-hydrogen) atoms. The van der Waals surface area contributed by atoms with E-state index in [-0.39, 0.29) is 17.1 Å². The highest BCUT2D eigenvalue weighted by molar-refractivity contribution is 6.38. The van der Waals surface area contributed by atoms with Crippen LogP contribution in [0.25, 0.3) is 6.08 Å². The number of hydrazine groups is 1. The molecule has 1 fully saturated rings. The predicted molar refractivity (Wildman–Crippen MR) is 110 cm³/mol. The first-order valence-corrected chi connectivity index (χ1v) is 8.98. The third-order valence-electron chi connectivity index (χ3n) is 4.56. The van der Waals surface area contributed by atoms with Crippen molar-refractivity contribution in [2.24, 2.45) is 0 Å². The van der Waals surface area contributed by atoms with Gasteiger partial charge in [0.2, 0.25) is 0 Å². The van der Waals surface area contributed by atoms with Crippen molar-refractivity contribution in [1.29, 1.82) is 0 Å². The number of ether oxygens (including phenoxy) is 1. The van der Waals surface area contributed by atoms with E-state index in [1.807, 2.05) is 36.4 Å². The number of hydrogen-bond acceptors (Lipinski definition) is 4. The topological polar surface area (TPSA) is 70.1 Å². The quantitative estimate of drug-likeness (QED) is 0.547. The second-order valence-corrected chi connectivity index (χ2v) is 6.39. The molecule has 0 radical (unpaired) electrons. The highest BCUT2D eigenvalue weighted by Crippen LogP contribution is 2.33. The number of rotatable bonds is 4. The molecule has 0 atom stereocenters. The van der Waals surface area contributed by atoms with Crippen molar-refractivity contribution in [3.8, 4) is 11.5 Å². The van der Waals surface area contributed by atoms with Gasteiger partial charge in [-0.25, -0.2) is 10.0 Å². The van der Waals surface area contributed by atoms with Crippen LogP contribution in [0.4, 0.5) is 11.4 Å². The lowest BCUT2D eigenvalue weighted by atomic mass is 10.1. The number of phenols is 1. The Kier molecular flexibility index (Phi) is 4.75. The number of hydrogen-bond donors (Lipinski definition) is 1. The molecule has 6 heteroatoms. The van der Waals surface area contributed by atoms with Crippen LogP contribution in [0.2, 0.25) is 0 Å². The monoisotopic (exact) mass is 386 g/mol. The molecule has 0 spiro atoms. The number of anilines is 2. The number of methoxy groups -OCH3 is 1. The molecule has 1 saturated heterocycles. The van der Waals surface area contributed by atoms with Crippen molar-refractivity contribution >= 4 is 29.3 Å². The van der Waals surface area contributed by atoms with Crippen molar-refractivity contribution in [1.82, 2.24) is 0 Å². The SMILES string of the molecule is COc1cc(C=C2C(=O)N(c3ccccc3)N(c3ccccc3)C2=O)ccc1O. The Morgan fingerprint density at radius 2 is 1.31 bits per heavy atom. The van der Waals surface area contributed by atoms with E-state index in [1.165, 1.54) is 29.3 Å². The molecule has 0 aromatic heterocycles. The number of phenolic OH excluding ortho intramolecular Hbond substituents is 1. The van der Waals surface area contributed by atoms with Crippen LogP contribution in [0.15, 0.2) is 84.4 Å². The summed E-state index contributed by atoms with van der Waals surface area (Å²) < 4.78 is 5.11. The van der Waals surface area contributed by atoms with E-state index in [9.17, 15) is 14.7 Å². The fraction of sp³-hybridized carbons (Fsp3) is 0.0435. The van der Waals surface area contributed by atoms with Gasteiger partial charge in [-0.05, 0) is 48.0 Å². The Balaban J connectivity index is 1.82. The van der Waals surface area contributed by atoms with Crippen LogP contribution in [0.1, 0.15) is 5.56 Å². The molecule has 1 aliphatic heterocycles. The van der Waals surface area contributed by atoms with Crippen molar-refractivity contribution in [3.63, 3.8) is 0 Å². The summed E-state index contributed by atoms with van der Waals surface area (Å²) in [4.78, 5) is 26.5. The maximum absolute atomic E-state index is 13.2. The second-order valence-electron chi connectivity index (χ2n) is 6.39. The van der Waals surface area contributed by atoms with Gasteiger partial charge in [0.1, 0.15) is 5.57 Å². The fourth-order valence-electron chi connectivity index (χ4n) is 3.18. The molecule has 6 nitrogen and oxygen atoms in total. The van der Waals surface area contributed by atoms with Crippen molar-refractivity contribution < 1.29 is 19.4 Å². The van der Waals surface area contributed by atoms with E-state index in [4.69, 9.17) is 4.74 Å². The van der Waals surface area contributed by atoms with Crippen LogP contribution in [-0.2, 0) is 9.59 Å². The van der Waals surface area contributed by atoms with E-state index in [1.54, 1.807) is 36.4 Å². The average molecular weight is 386 g/mol. The van der Waals surface area contributed by atoms with Gasteiger partial charge in [0.25, 0.3) is 11.8 Å². The number of amides is 2. The Bertz CT molecular complexity index is 1030. The minimum Gasteiger partial charge on any atom is -0.504 e. The third kappa shape index (κ3) is 3.32. The van der Waals surface area contributed by atoms with Crippen LogP contribution in [0, 0.1) is 0 Å². The molecule has 3 aromatic carbocycles. The second kappa shape index (κ2) is 7.52. The van der Waals surface area contributed by atoms with Gasteiger partial charge in [-0.3, -0.25) is 9.59 Å². The smallest absolute Gasteiger partial charge is 0.283 e. The average Bonchev–Trinajstić information content (AvgIpc) is 3.01. The van der Waals surface area contributed by atoms with Crippen LogP contribution < -0.4 is 14.8 Å². The molecular weight excluding hydrogens is 368 g/mol. The first-order valence-electron chi connectivity index (χ1n) is 8.98. The molecule has 0 bridgehead atoms. The molecule has 144 valence electrons. The number of aromatic hydroxyl groups is 1. The number of nitrogens with zero attached hydrogens (tertiary/aromatic N) is 2. The normalized spacial score (nSPS) is 13.8. The van der Waals surface area contributed by atoms with Gasteiger partial charge in [0.15, 0.2) is 11.5 Å². The van der Waals surface area contributed by atoms with Gasteiger partial charge in [-0.2, -0.15) is 0 Å². The lowest BCUT2D eigenvalue weighted by Gasteiger charge is -2.27. The molecular formula is C23H18N2O4. The zero-order chi connectivity index (χ0) is 20.4. The molecule has 3 aromatic rings. The van der Waals surface area contributed by atoms with Gasteiger partial charge in [0.05, 0.1) is 18.5 Å². The zero-order valence-electron chi connectivity index (χ0n) is 15.6. The van der Waals surface area contributed by atoms with Crippen LogP contribution in [0.3, 0.4) is 0 Å². The van der Waals surface area contributed by atoms with Crippen LogP contribution >= 0.6 is 0 Å². The standard InChI is InChI=1S/C23H18N2O4/c1-29-21-15-16(12-13-20(21)26)14-19-22(27)24(17-8-4-2-5-9-17)25(23(19)28)18-10-6-3-7-11-18/h2-15,26H,1H3. The minimum atomic E-state index is -0.433. The molecule has 4 rings (SSSR count). The maximum Gasteiger partial charge on any atom is 0.283 e. The first kappa shape index (κ1) is 18.3. The van der Waals surface area contributed by atoms with Gasteiger partial charge < -0.3 is 9.84 Å². The van der Waals surface area contributed by atoms with Crippen molar-refractivity contribution in [3.05, 3.63) is 90.0 Å². The van der Waals surface area contributed by atoms with Gasteiger partial charge in [0, 0.05) is 0 Å². The number of carbonyl (C=O) groups is 2. The molecule has 0 unspecified atom stereocenters. The van der Waals surface area contributed by atoms with Gasteiger partial charge in [-0.1, -0.05) is 42.5 Å². The van der Waals surface area contributed by atoms with E-state index in [0.717, 1.165) is 0 Å². The summed E-state index contributed by atoms with van der Waals surface area (Å²) in [5.41, 5.74) is 1.76. The Morgan fingerprint density at radius 3 is 1.79 bits per heavy atom. The Labute approximate surface area is 167 Å². The molecule has 1 aliphatic rings. The highest BCUT2D eigenvalue weighted by atomic mass is 16.5. The molecule has 1 heterocycles. The minimum absolute atomic E-state index is 0.0180. The van der Waals surface area contributed by atoms with Crippen molar-refractivity contribution in [2.75, 3.05) is 17.1 Å². The van der Waals surface area contributed by atoms with Gasteiger partial charge >= 0.3 is 0 Å². The summed E-state index contributed by atoms with van der Waals surface area (Å²) in [5, 5.41) is 12.5. The van der Waals surface area contributed by atoms with E-state index in [2.05, 4.69) is 0 Å². The van der Waals surface area contributed by atoms with E-state index in [0.29, 0.717) is 16.9 Å². The number of para-hydroxylation sites is 2. The fourth-order valence-corrected chi connectivity index (χ4v) is 3.18. The lowest BCUT2D eigenvalue weighted by molar-refractivity contribution is -0.116. The number of benzene rings is 3. The highest BCUT2D eigenvalue weighted by Gasteiger charge is 2.42. The molecule has 2 amide bonds. The molecule has 1 N–H and O–H groups in total. The summed E-state index contributed by atoms with van der Waals surface area (Å²) in [7, 11) is 1.44. The maximum atomic E-state index is 13.2. The summed E-state index contributed by atoms with van der Waals surface area (Å²) >= 11 is 0.